The Kier molecular flexibility index (Phi) is 7.76. The van der Waals surface area contributed by atoms with Crippen LogP contribution >= 0.6 is 0 Å². The molecule has 0 spiro atoms. The highest BCUT2D eigenvalue weighted by Gasteiger charge is 2.28. The maximum atomic E-state index is 13.2. The number of nitrogens with zero attached hydrogens (tertiary/aromatic N) is 1. The fourth-order valence-corrected chi connectivity index (χ4v) is 3.25. The van der Waals surface area contributed by atoms with Crippen molar-refractivity contribution in [1.29, 1.82) is 0 Å². The summed E-state index contributed by atoms with van der Waals surface area (Å²) in [7, 11) is 1.54. The SMILES string of the molecule is CCC(C(=O)NC)N(Cc1ccc(F)cc1)C(=O)COc1cc(C)cc(C)c1C. The number of carbonyl (C=O) groups is 2. The highest BCUT2D eigenvalue weighted by molar-refractivity contribution is 5.88. The molecule has 0 aromatic heterocycles. The van der Waals surface area contributed by atoms with E-state index >= 15 is 0 Å². The van der Waals surface area contributed by atoms with Crippen LogP contribution in [0.25, 0.3) is 0 Å². The largest absolute Gasteiger partial charge is 0.483 e. The fraction of sp³-hybridized carbons (Fsp3) is 0.391. The van der Waals surface area contributed by atoms with Crippen LogP contribution in [0.1, 0.15) is 35.6 Å². The molecule has 1 atom stereocenters. The number of rotatable bonds is 8. The Morgan fingerprint density at radius 3 is 2.38 bits per heavy atom. The maximum Gasteiger partial charge on any atom is 0.261 e. The van der Waals surface area contributed by atoms with Crippen molar-refractivity contribution in [3.8, 4) is 5.75 Å². The van der Waals surface area contributed by atoms with Crippen LogP contribution in [0.5, 0.6) is 5.75 Å². The minimum absolute atomic E-state index is 0.182. The third kappa shape index (κ3) is 5.79. The molecule has 0 saturated carbocycles. The second-order valence-corrected chi connectivity index (χ2v) is 7.18. The molecule has 29 heavy (non-hydrogen) atoms. The Hall–Kier alpha value is -2.89. The predicted molar refractivity (Wildman–Crippen MR) is 111 cm³/mol. The van der Waals surface area contributed by atoms with E-state index in [0.717, 1.165) is 22.3 Å². The molecule has 0 aliphatic rings. The van der Waals surface area contributed by atoms with Crippen LogP contribution in [0.3, 0.4) is 0 Å². The van der Waals surface area contributed by atoms with Crippen LogP contribution < -0.4 is 10.1 Å². The van der Waals surface area contributed by atoms with Crippen LogP contribution in [-0.2, 0) is 16.1 Å². The van der Waals surface area contributed by atoms with Crippen molar-refractivity contribution in [2.24, 2.45) is 0 Å². The molecule has 2 aromatic carbocycles. The number of ether oxygens (including phenoxy) is 1. The molecule has 1 unspecified atom stereocenters. The summed E-state index contributed by atoms with van der Waals surface area (Å²) in [5.74, 6) is -0.238. The zero-order valence-electron chi connectivity index (χ0n) is 17.7. The molecule has 0 aliphatic carbocycles. The van der Waals surface area contributed by atoms with E-state index in [-0.39, 0.29) is 30.8 Å². The topological polar surface area (TPSA) is 58.6 Å². The smallest absolute Gasteiger partial charge is 0.261 e. The van der Waals surface area contributed by atoms with Crippen molar-refractivity contribution in [3.05, 3.63) is 64.5 Å². The van der Waals surface area contributed by atoms with Gasteiger partial charge in [-0.1, -0.05) is 25.1 Å². The first-order valence-electron chi connectivity index (χ1n) is 9.73. The monoisotopic (exact) mass is 400 g/mol. The van der Waals surface area contributed by atoms with Gasteiger partial charge in [0.2, 0.25) is 5.91 Å². The maximum absolute atomic E-state index is 13.2. The van der Waals surface area contributed by atoms with Crippen molar-refractivity contribution < 1.29 is 18.7 Å². The summed E-state index contributed by atoms with van der Waals surface area (Å²) in [6.45, 7) is 7.78. The Balaban J connectivity index is 2.23. The summed E-state index contributed by atoms with van der Waals surface area (Å²) < 4.78 is 19.1. The Labute approximate surface area is 171 Å². The molecule has 0 bridgehead atoms. The van der Waals surface area contributed by atoms with Gasteiger partial charge in [-0.15, -0.1) is 0 Å². The first-order valence-corrected chi connectivity index (χ1v) is 9.73. The van der Waals surface area contributed by atoms with Crippen molar-refractivity contribution in [1.82, 2.24) is 10.2 Å². The van der Waals surface area contributed by atoms with Crippen molar-refractivity contribution >= 4 is 11.8 Å². The number of amides is 2. The number of aryl methyl sites for hydroxylation is 2. The third-order valence-electron chi connectivity index (χ3n) is 5.01. The highest BCUT2D eigenvalue weighted by atomic mass is 19.1. The summed E-state index contributed by atoms with van der Waals surface area (Å²) in [4.78, 5) is 26.9. The van der Waals surface area contributed by atoms with Gasteiger partial charge in [0.15, 0.2) is 6.61 Å². The first-order chi connectivity index (χ1) is 13.8. The van der Waals surface area contributed by atoms with E-state index in [1.54, 1.807) is 19.2 Å². The fourth-order valence-electron chi connectivity index (χ4n) is 3.25. The van der Waals surface area contributed by atoms with Gasteiger partial charge in [-0.2, -0.15) is 0 Å². The van der Waals surface area contributed by atoms with Crippen LogP contribution in [0.2, 0.25) is 0 Å². The zero-order chi connectivity index (χ0) is 21.6. The molecule has 6 heteroatoms. The lowest BCUT2D eigenvalue weighted by molar-refractivity contribution is -0.142. The number of carbonyl (C=O) groups excluding carboxylic acids is 2. The average Bonchev–Trinajstić information content (AvgIpc) is 2.70. The van der Waals surface area contributed by atoms with Crippen LogP contribution in [-0.4, -0.2) is 36.4 Å². The lowest BCUT2D eigenvalue weighted by atomic mass is 10.1. The second kappa shape index (κ2) is 10.0. The molecule has 0 saturated heterocycles. The molecular weight excluding hydrogens is 371 g/mol. The number of halogens is 1. The van der Waals surface area contributed by atoms with Crippen LogP contribution in [0.15, 0.2) is 36.4 Å². The average molecular weight is 400 g/mol. The number of hydrogen-bond donors (Lipinski definition) is 1. The Morgan fingerprint density at radius 2 is 1.79 bits per heavy atom. The molecule has 0 radical (unpaired) electrons. The Morgan fingerprint density at radius 1 is 1.14 bits per heavy atom. The van der Waals surface area contributed by atoms with Crippen molar-refractivity contribution in [3.63, 3.8) is 0 Å². The predicted octanol–water partition coefficient (Wildman–Crippen LogP) is 3.68. The number of hydrogen-bond acceptors (Lipinski definition) is 3. The summed E-state index contributed by atoms with van der Waals surface area (Å²) >= 11 is 0. The van der Waals surface area contributed by atoms with Gasteiger partial charge < -0.3 is 15.0 Å². The molecule has 0 fully saturated rings. The van der Waals surface area contributed by atoms with Gasteiger partial charge in [-0.3, -0.25) is 9.59 Å². The lowest BCUT2D eigenvalue weighted by Crippen LogP contribution is -2.49. The van der Waals surface area contributed by atoms with Gasteiger partial charge in [0.25, 0.3) is 5.91 Å². The van der Waals surface area contributed by atoms with Gasteiger partial charge in [-0.05, 0) is 67.6 Å². The molecule has 156 valence electrons. The standard InChI is InChI=1S/C23H29FN2O3/c1-6-20(23(28)25-5)26(13-18-7-9-19(24)10-8-18)22(27)14-29-21-12-15(2)11-16(3)17(21)4/h7-12,20H,6,13-14H2,1-5H3,(H,25,28). The quantitative estimate of drug-likeness (QED) is 0.735. The third-order valence-corrected chi connectivity index (χ3v) is 5.01. The molecule has 2 rings (SSSR count). The molecule has 5 nitrogen and oxygen atoms in total. The van der Waals surface area contributed by atoms with Crippen LogP contribution in [0.4, 0.5) is 4.39 Å². The highest BCUT2D eigenvalue weighted by Crippen LogP contribution is 2.23. The minimum Gasteiger partial charge on any atom is -0.483 e. The van der Waals surface area contributed by atoms with Crippen LogP contribution in [0, 0.1) is 26.6 Å². The molecule has 2 aromatic rings. The molecule has 0 aliphatic heterocycles. The van der Waals surface area contributed by atoms with E-state index in [4.69, 9.17) is 4.74 Å². The van der Waals surface area contributed by atoms with Gasteiger partial charge >= 0.3 is 0 Å². The first kappa shape index (κ1) is 22.4. The van der Waals surface area contributed by atoms with E-state index in [2.05, 4.69) is 11.4 Å². The molecule has 1 N–H and O–H groups in total. The summed E-state index contributed by atoms with van der Waals surface area (Å²) in [5.41, 5.74) is 3.86. The number of benzene rings is 2. The lowest BCUT2D eigenvalue weighted by Gasteiger charge is -2.30. The summed E-state index contributed by atoms with van der Waals surface area (Å²) in [5, 5.41) is 2.61. The van der Waals surface area contributed by atoms with Gasteiger partial charge in [0.05, 0.1) is 0 Å². The van der Waals surface area contributed by atoms with Crippen molar-refractivity contribution in [2.45, 2.75) is 46.7 Å². The van der Waals surface area contributed by atoms with E-state index in [1.807, 2.05) is 33.8 Å². The normalized spacial score (nSPS) is 11.7. The molecule has 0 heterocycles. The molecular formula is C23H29FN2O3. The van der Waals surface area contributed by atoms with E-state index < -0.39 is 6.04 Å². The number of likely N-dealkylation sites (N-methyl/N-ethyl adjacent to an activating group) is 1. The van der Waals surface area contributed by atoms with E-state index in [9.17, 15) is 14.0 Å². The Bertz CT molecular complexity index is 865. The van der Waals surface area contributed by atoms with Crippen molar-refractivity contribution in [2.75, 3.05) is 13.7 Å². The second-order valence-electron chi connectivity index (χ2n) is 7.18. The van der Waals surface area contributed by atoms with Gasteiger partial charge in [-0.25, -0.2) is 4.39 Å². The molecule has 2 amide bonds. The summed E-state index contributed by atoms with van der Waals surface area (Å²) in [6.07, 6.45) is 0.454. The van der Waals surface area contributed by atoms with E-state index in [1.165, 1.54) is 17.0 Å². The summed E-state index contributed by atoms with van der Waals surface area (Å²) in [6, 6.07) is 9.23. The number of nitrogens with one attached hydrogen (secondary N) is 1. The van der Waals surface area contributed by atoms with Gasteiger partial charge in [0.1, 0.15) is 17.6 Å². The zero-order valence-corrected chi connectivity index (χ0v) is 17.7. The van der Waals surface area contributed by atoms with Gasteiger partial charge in [0, 0.05) is 13.6 Å². The van der Waals surface area contributed by atoms with E-state index in [0.29, 0.717) is 12.2 Å². The minimum atomic E-state index is -0.638.